The zero-order valence-electron chi connectivity index (χ0n) is 17.8. The van der Waals surface area contributed by atoms with E-state index >= 15 is 0 Å². The smallest absolute Gasteiger partial charge is 0.265 e. The molecular weight excluding hydrogens is 400 g/mol. The number of anilines is 1. The third-order valence-electron chi connectivity index (χ3n) is 5.49. The highest BCUT2D eigenvalue weighted by Gasteiger charge is 2.22. The van der Waals surface area contributed by atoms with Crippen molar-refractivity contribution in [2.75, 3.05) is 18.4 Å². The van der Waals surface area contributed by atoms with Crippen LogP contribution < -0.4 is 10.1 Å². The Balaban J connectivity index is 1.66. The fourth-order valence-corrected chi connectivity index (χ4v) is 5.23. The first-order valence-corrected chi connectivity index (χ1v) is 12.0. The largest absolute Gasteiger partial charge is 0.481 e. The van der Waals surface area contributed by atoms with Crippen molar-refractivity contribution in [2.24, 2.45) is 0 Å². The average Bonchev–Trinajstić information content (AvgIpc) is 2.75. The monoisotopic (exact) mass is 430 g/mol. The Labute approximate surface area is 179 Å². The molecule has 0 saturated carbocycles. The van der Waals surface area contributed by atoms with Crippen molar-refractivity contribution in [1.29, 1.82) is 0 Å². The molecule has 0 bridgehead atoms. The number of hydrogen-bond acceptors (Lipinski definition) is 4. The maximum atomic E-state index is 12.6. The lowest BCUT2D eigenvalue weighted by atomic mass is 9.91. The summed E-state index contributed by atoms with van der Waals surface area (Å²) in [6.07, 6.45) is 3.68. The topological polar surface area (TPSA) is 75.7 Å². The minimum absolute atomic E-state index is 0.212. The first-order chi connectivity index (χ1) is 14.4. The number of hydrogen-bond donors (Lipinski definition) is 1. The van der Waals surface area contributed by atoms with Crippen molar-refractivity contribution in [3.63, 3.8) is 0 Å². The summed E-state index contributed by atoms with van der Waals surface area (Å²) >= 11 is 0. The van der Waals surface area contributed by atoms with Gasteiger partial charge in [-0.25, -0.2) is 8.42 Å². The fourth-order valence-electron chi connectivity index (χ4n) is 3.77. The van der Waals surface area contributed by atoms with Gasteiger partial charge in [-0.05, 0) is 74.1 Å². The van der Waals surface area contributed by atoms with E-state index in [9.17, 15) is 13.2 Å². The van der Waals surface area contributed by atoms with Gasteiger partial charge in [0, 0.05) is 18.8 Å². The molecule has 7 heteroatoms. The van der Waals surface area contributed by atoms with E-state index in [0.717, 1.165) is 25.0 Å². The lowest BCUT2D eigenvalue weighted by Crippen LogP contribution is -2.31. The number of fused-ring (bicyclic) bond motifs is 1. The van der Waals surface area contributed by atoms with Gasteiger partial charge in [-0.3, -0.25) is 4.79 Å². The Morgan fingerprint density at radius 3 is 2.40 bits per heavy atom. The number of aryl methyl sites for hydroxylation is 1. The number of ether oxygens (including phenoxy) is 1. The molecule has 1 N–H and O–H groups in total. The van der Waals surface area contributed by atoms with Gasteiger partial charge in [-0.2, -0.15) is 4.31 Å². The third-order valence-corrected chi connectivity index (χ3v) is 7.56. The third kappa shape index (κ3) is 4.84. The van der Waals surface area contributed by atoms with Crippen molar-refractivity contribution in [3.8, 4) is 5.75 Å². The van der Waals surface area contributed by atoms with Crippen LogP contribution in [0.25, 0.3) is 0 Å². The Hall–Kier alpha value is -2.38. The van der Waals surface area contributed by atoms with Crippen LogP contribution in [-0.4, -0.2) is 37.8 Å². The standard InChI is InChI=1S/C23H30N2O4S/c1-4-25(5-2)30(27,28)20-15-13-19(14-16-20)24-23(26)17(3)29-22-12-8-10-18-9-6-7-11-21(18)22/h8,10,12-17H,4-7,9,11H2,1-3H3,(H,24,26). The predicted octanol–water partition coefficient (Wildman–Crippen LogP) is 4.00. The maximum Gasteiger partial charge on any atom is 0.265 e. The van der Waals surface area contributed by atoms with Gasteiger partial charge < -0.3 is 10.1 Å². The zero-order valence-corrected chi connectivity index (χ0v) is 18.7. The molecule has 0 aliphatic heterocycles. The van der Waals surface area contributed by atoms with Crippen LogP contribution in [0.3, 0.4) is 0 Å². The van der Waals surface area contributed by atoms with E-state index in [0.29, 0.717) is 18.8 Å². The van der Waals surface area contributed by atoms with Crippen LogP contribution in [0.5, 0.6) is 5.75 Å². The molecule has 1 amide bonds. The van der Waals surface area contributed by atoms with Crippen molar-refractivity contribution in [1.82, 2.24) is 4.31 Å². The molecule has 0 aromatic heterocycles. The van der Waals surface area contributed by atoms with Gasteiger partial charge in [0.2, 0.25) is 10.0 Å². The minimum atomic E-state index is -3.52. The van der Waals surface area contributed by atoms with Gasteiger partial charge in [0.15, 0.2) is 6.10 Å². The van der Waals surface area contributed by atoms with Gasteiger partial charge in [-0.15, -0.1) is 0 Å². The lowest BCUT2D eigenvalue weighted by Gasteiger charge is -2.22. The quantitative estimate of drug-likeness (QED) is 0.687. The summed E-state index contributed by atoms with van der Waals surface area (Å²) in [4.78, 5) is 12.8. The second kappa shape index (κ2) is 9.62. The van der Waals surface area contributed by atoms with Crippen molar-refractivity contribution < 1.29 is 17.9 Å². The maximum absolute atomic E-state index is 12.6. The van der Waals surface area contributed by atoms with Crippen LogP contribution in [-0.2, 0) is 27.7 Å². The number of nitrogens with one attached hydrogen (secondary N) is 1. The van der Waals surface area contributed by atoms with Crippen molar-refractivity contribution >= 4 is 21.6 Å². The summed E-state index contributed by atoms with van der Waals surface area (Å²) in [5.74, 6) is 0.498. The molecule has 1 atom stereocenters. The number of carbonyl (C=O) groups excluding carboxylic acids is 1. The zero-order chi connectivity index (χ0) is 21.7. The van der Waals surface area contributed by atoms with E-state index in [1.165, 1.54) is 34.0 Å². The van der Waals surface area contributed by atoms with Gasteiger partial charge in [0.25, 0.3) is 5.91 Å². The fraction of sp³-hybridized carbons (Fsp3) is 0.435. The van der Waals surface area contributed by atoms with Crippen LogP contribution in [0, 0.1) is 0 Å². The summed E-state index contributed by atoms with van der Waals surface area (Å²) in [6, 6.07) is 12.3. The van der Waals surface area contributed by atoms with Crippen LogP contribution in [0.2, 0.25) is 0 Å². The molecule has 2 aromatic rings. The Bertz CT molecular complexity index is 983. The minimum Gasteiger partial charge on any atom is -0.481 e. The molecule has 6 nitrogen and oxygen atoms in total. The van der Waals surface area contributed by atoms with Crippen LogP contribution >= 0.6 is 0 Å². The van der Waals surface area contributed by atoms with E-state index in [1.807, 2.05) is 12.1 Å². The van der Waals surface area contributed by atoms with E-state index in [2.05, 4.69) is 11.4 Å². The van der Waals surface area contributed by atoms with Crippen LogP contribution in [0.15, 0.2) is 47.4 Å². The summed E-state index contributed by atoms with van der Waals surface area (Å²) in [5, 5.41) is 2.81. The molecule has 162 valence electrons. The van der Waals surface area contributed by atoms with E-state index in [1.54, 1.807) is 32.9 Å². The molecule has 3 rings (SSSR count). The molecule has 0 fully saturated rings. The first kappa shape index (κ1) is 22.3. The number of rotatable bonds is 8. The molecule has 0 spiro atoms. The van der Waals surface area contributed by atoms with Gasteiger partial charge in [0.1, 0.15) is 5.75 Å². The highest BCUT2D eigenvalue weighted by atomic mass is 32.2. The normalized spacial score (nSPS) is 14.8. The average molecular weight is 431 g/mol. The number of sulfonamides is 1. The molecule has 0 saturated heterocycles. The SMILES string of the molecule is CCN(CC)S(=O)(=O)c1ccc(NC(=O)C(C)Oc2cccc3c2CCCC3)cc1. The van der Waals surface area contributed by atoms with Crippen LogP contribution in [0.4, 0.5) is 5.69 Å². The van der Waals surface area contributed by atoms with Crippen molar-refractivity contribution in [3.05, 3.63) is 53.6 Å². The summed E-state index contributed by atoms with van der Waals surface area (Å²) < 4.78 is 32.5. The number of amides is 1. The predicted molar refractivity (Wildman–Crippen MR) is 118 cm³/mol. The Morgan fingerprint density at radius 1 is 1.07 bits per heavy atom. The highest BCUT2D eigenvalue weighted by Crippen LogP contribution is 2.30. The molecule has 1 aliphatic rings. The van der Waals surface area contributed by atoms with Gasteiger partial charge in [-0.1, -0.05) is 26.0 Å². The molecule has 0 heterocycles. The lowest BCUT2D eigenvalue weighted by molar-refractivity contribution is -0.122. The summed E-state index contributed by atoms with van der Waals surface area (Å²) in [5.41, 5.74) is 3.04. The number of benzene rings is 2. The van der Waals surface area contributed by atoms with Gasteiger partial charge >= 0.3 is 0 Å². The van der Waals surface area contributed by atoms with Gasteiger partial charge in [0.05, 0.1) is 4.90 Å². The van der Waals surface area contributed by atoms with Crippen LogP contribution in [0.1, 0.15) is 44.7 Å². The number of carbonyl (C=O) groups is 1. The molecular formula is C23H30N2O4S. The second-order valence-electron chi connectivity index (χ2n) is 7.46. The van der Waals surface area contributed by atoms with E-state index < -0.39 is 16.1 Å². The molecule has 1 unspecified atom stereocenters. The summed E-state index contributed by atoms with van der Waals surface area (Å²) in [7, 11) is -3.52. The van der Waals surface area contributed by atoms with Crippen molar-refractivity contribution in [2.45, 2.75) is 57.5 Å². The summed E-state index contributed by atoms with van der Waals surface area (Å²) in [6.45, 7) is 6.16. The molecule has 30 heavy (non-hydrogen) atoms. The second-order valence-corrected chi connectivity index (χ2v) is 9.40. The van der Waals surface area contributed by atoms with E-state index in [4.69, 9.17) is 4.74 Å². The number of nitrogens with zero attached hydrogens (tertiary/aromatic N) is 1. The Kier molecular flexibility index (Phi) is 7.15. The molecule has 2 aromatic carbocycles. The first-order valence-electron chi connectivity index (χ1n) is 10.5. The molecule has 0 radical (unpaired) electrons. The highest BCUT2D eigenvalue weighted by molar-refractivity contribution is 7.89. The Morgan fingerprint density at radius 2 is 1.73 bits per heavy atom. The molecule has 1 aliphatic carbocycles. The van der Waals surface area contributed by atoms with E-state index in [-0.39, 0.29) is 10.8 Å².